The molecule has 0 aliphatic carbocycles. The second kappa shape index (κ2) is 6.60. The van der Waals surface area contributed by atoms with Crippen LogP contribution in [0.5, 0.6) is 0 Å². The third-order valence-corrected chi connectivity index (χ3v) is 5.47. The highest BCUT2D eigenvalue weighted by Crippen LogP contribution is 2.35. The molecule has 2 heterocycles. The topological polar surface area (TPSA) is 37.3 Å². The van der Waals surface area contributed by atoms with Gasteiger partial charge >= 0.3 is 0 Å². The molecule has 3 rings (SSSR count). The molecule has 0 amide bonds. The van der Waals surface area contributed by atoms with E-state index in [1.54, 1.807) is 12.3 Å². The fourth-order valence-corrected chi connectivity index (χ4v) is 4.02. The molecule has 7 heteroatoms. The maximum Gasteiger partial charge on any atom is 0.163 e. The minimum absolute atomic E-state index is 0.164. The van der Waals surface area contributed by atoms with Crippen LogP contribution >= 0.6 is 43.2 Å². The second-order valence-electron chi connectivity index (χ2n) is 4.80. The third kappa shape index (κ3) is 3.02. The lowest BCUT2D eigenvalue weighted by atomic mass is 9.97. The predicted molar refractivity (Wildman–Crippen MR) is 95.1 cm³/mol. The smallest absolute Gasteiger partial charge is 0.163 e. The summed E-state index contributed by atoms with van der Waals surface area (Å²) in [6.07, 6.45) is 1.76. The van der Waals surface area contributed by atoms with Gasteiger partial charge in [-0.1, -0.05) is 37.9 Å². The Bertz CT molecular complexity index is 756. The zero-order chi connectivity index (χ0) is 15.7. The van der Waals surface area contributed by atoms with E-state index in [9.17, 15) is 4.39 Å². The number of nitrogens with zero attached hydrogens (tertiary/aromatic N) is 2. The molecule has 0 fully saturated rings. The molecular weight excluding hydrogens is 433 g/mol. The van der Waals surface area contributed by atoms with Crippen molar-refractivity contribution in [3.8, 4) is 0 Å². The quantitative estimate of drug-likeness (QED) is 0.690. The van der Waals surface area contributed by atoms with Crippen LogP contribution in [0.4, 0.5) is 4.39 Å². The molecular formula is C15H12Br2FN3S. The Morgan fingerprint density at radius 3 is 2.86 bits per heavy atom. The van der Waals surface area contributed by atoms with Gasteiger partial charge in [-0.25, -0.2) is 9.37 Å². The number of hydrogen-bond donors (Lipinski definition) is 1. The first-order valence-electron chi connectivity index (χ1n) is 6.55. The van der Waals surface area contributed by atoms with E-state index in [4.69, 9.17) is 4.99 Å². The van der Waals surface area contributed by atoms with E-state index in [0.29, 0.717) is 5.33 Å². The molecule has 22 heavy (non-hydrogen) atoms. The summed E-state index contributed by atoms with van der Waals surface area (Å²) in [6, 6.07) is 4.54. The van der Waals surface area contributed by atoms with Gasteiger partial charge in [0.05, 0.1) is 0 Å². The first-order valence-corrected chi connectivity index (χ1v) is 9.35. The number of benzene rings is 1. The Labute approximate surface area is 148 Å². The summed E-state index contributed by atoms with van der Waals surface area (Å²) < 4.78 is 14.1. The van der Waals surface area contributed by atoms with E-state index in [-0.39, 0.29) is 11.9 Å². The number of aliphatic imine (C=N–C) groups is 1. The van der Waals surface area contributed by atoms with Gasteiger partial charge in [-0.2, -0.15) is 0 Å². The van der Waals surface area contributed by atoms with Gasteiger partial charge in [-0.05, 0) is 30.2 Å². The highest BCUT2D eigenvalue weighted by atomic mass is 79.9. The number of thiazole rings is 1. The summed E-state index contributed by atoms with van der Waals surface area (Å²) in [5.74, 6) is 0.479. The number of hydrogen-bond acceptors (Lipinski definition) is 4. The molecule has 0 saturated heterocycles. The summed E-state index contributed by atoms with van der Waals surface area (Å²) in [4.78, 5) is 9.10. The summed E-state index contributed by atoms with van der Waals surface area (Å²) >= 11 is 8.48. The molecule has 1 N–H and O–H groups in total. The third-order valence-electron chi connectivity index (χ3n) is 3.44. The molecule has 0 unspecified atom stereocenters. The van der Waals surface area contributed by atoms with E-state index >= 15 is 0 Å². The fraction of sp³-hybridized carbons (Fsp3) is 0.200. The van der Waals surface area contributed by atoms with Crippen LogP contribution < -0.4 is 5.32 Å². The van der Waals surface area contributed by atoms with Crippen LogP contribution in [0.1, 0.15) is 23.5 Å². The Morgan fingerprint density at radius 2 is 2.23 bits per heavy atom. The van der Waals surface area contributed by atoms with Crippen molar-refractivity contribution in [3.05, 3.63) is 61.9 Å². The molecule has 0 saturated carbocycles. The predicted octanol–water partition coefficient (Wildman–Crippen LogP) is 4.80. The number of nitrogens with one attached hydrogen (secondary N) is 1. The molecule has 1 aromatic heterocycles. The van der Waals surface area contributed by atoms with Gasteiger partial charge in [-0.3, -0.25) is 4.99 Å². The monoisotopic (exact) mass is 443 g/mol. The highest BCUT2D eigenvalue weighted by Gasteiger charge is 2.25. The summed E-state index contributed by atoms with van der Waals surface area (Å²) in [5.41, 5.74) is 3.10. The van der Waals surface area contributed by atoms with E-state index in [2.05, 4.69) is 42.2 Å². The minimum Gasteiger partial charge on any atom is -0.341 e. The van der Waals surface area contributed by atoms with E-state index in [1.165, 1.54) is 23.5 Å². The number of alkyl halides is 1. The van der Waals surface area contributed by atoms with Gasteiger partial charge in [-0.15, -0.1) is 11.3 Å². The van der Waals surface area contributed by atoms with E-state index < -0.39 is 0 Å². The lowest BCUT2D eigenvalue weighted by molar-refractivity contribution is 0.624. The zero-order valence-electron chi connectivity index (χ0n) is 11.6. The SMILES string of the molecule is CC1=C(CBr)NC(c2nccs2)=N[C@H]1c1ccc(F)cc1Br. The lowest BCUT2D eigenvalue weighted by Crippen LogP contribution is -2.31. The van der Waals surface area contributed by atoms with E-state index in [1.807, 2.05) is 12.3 Å². The van der Waals surface area contributed by atoms with Crippen LogP contribution in [0.3, 0.4) is 0 Å². The standard InChI is InChI=1S/C15H12Br2FN3S/c1-8-12(7-16)20-14(15-19-4-5-22-15)21-13(8)10-3-2-9(18)6-11(10)17/h2-6,13H,7H2,1H3,(H,20,21)/t13-/m1/s1. The first-order chi connectivity index (χ1) is 10.6. The Morgan fingerprint density at radius 1 is 1.41 bits per heavy atom. The molecule has 1 atom stereocenters. The average molecular weight is 445 g/mol. The molecule has 2 aromatic rings. The molecule has 1 aliphatic rings. The van der Waals surface area contributed by atoms with Crippen LogP contribution in [0, 0.1) is 5.82 Å². The first kappa shape index (κ1) is 15.8. The molecule has 3 nitrogen and oxygen atoms in total. The number of halogens is 3. The van der Waals surface area contributed by atoms with Crippen LogP contribution in [0.15, 0.2) is 50.5 Å². The Kier molecular flexibility index (Phi) is 4.75. The van der Waals surface area contributed by atoms with Gasteiger partial charge in [0.2, 0.25) is 0 Å². The summed E-state index contributed by atoms with van der Waals surface area (Å²) in [5, 5.41) is 6.78. The maximum absolute atomic E-state index is 13.3. The number of rotatable bonds is 3. The second-order valence-corrected chi connectivity index (χ2v) is 7.11. The van der Waals surface area contributed by atoms with Gasteiger partial charge in [0.1, 0.15) is 11.9 Å². The summed E-state index contributed by atoms with van der Waals surface area (Å²) in [6.45, 7) is 2.03. The van der Waals surface area contributed by atoms with Crippen LogP contribution in [-0.4, -0.2) is 16.1 Å². The normalized spacial score (nSPS) is 18.2. The number of allylic oxidation sites excluding steroid dienone is 1. The Balaban J connectivity index is 2.09. The van der Waals surface area contributed by atoms with Crippen LogP contribution in [0.2, 0.25) is 0 Å². The lowest BCUT2D eigenvalue weighted by Gasteiger charge is -2.26. The number of aromatic nitrogens is 1. The van der Waals surface area contributed by atoms with Crippen molar-refractivity contribution >= 4 is 49.0 Å². The average Bonchev–Trinajstić information content (AvgIpc) is 3.02. The van der Waals surface area contributed by atoms with Crippen molar-refractivity contribution < 1.29 is 4.39 Å². The molecule has 1 aliphatic heterocycles. The highest BCUT2D eigenvalue weighted by molar-refractivity contribution is 9.10. The molecule has 114 valence electrons. The van der Waals surface area contributed by atoms with E-state index in [0.717, 1.165) is 32.1 Å². The van der Waals surface area contributed by atoms with Gasteiger partial charge in [0, 0.05) is 27.1 Å². The van der Waals surface area contributed by atoms with Crippen LogP contribution in [-0.2, 0) is 0 Å². The molecule has 0 bridgehead atoms. The maximum atomic E-state index is 13.3. The molecule has 0 spiro atoms. The Hall–Kier alpha value is -1.05. The van der Waals surface area contributed by atoms with Crippen molar-refractivity contribution in [3.63, 3.8) is 0 Å². The minimum atomic E-state index is -0.268. The van der Waals surface area contributed by atoms with Crippen molar-refractivity contribution in [2.75, 3.05) is 5.33 Å². The molecule has 0 radical (unpaired) electrons. The largest absolute Gasteiger partial charge is 0.341 e. The van der Waals surface area contributed by atoms with Crippen molar-refractivity contribution in [1.82, 2.24) is 10.3 Å². The van der Waals surface area contributed by atoms with Crippen LogP contribution in [0.25, 0.3) is 0 Å². The van der Waals surface area contributed by atoms with Gasteiger partial charge < -0.3 is 5.32 Å². The fourth-order valence-electron chi connectivity index (χ4n) is 2.28. The van der Waals surface area contributed by atoms with Gasteiger partial charge in [0.25, 0.3) is 0 Å². The van der Waals surface area contributed by atoms with Crippen molar-refractivity contribution in [2.45, 2.75) is 13.0 Å². The van der Waals surface area contributed by atoms with Crippen molar-refractivity contribution in [2.24, 2.45) is 4.99 Å². The molecule has 1 aromatic carbocycles. The van der Waals surface area contributed by atoms with Gasteiger partial charge in [0.15, 0.2) is 10.8 Å². The zero-order valence-corrected chi connectivity index (χ0v) is 15.6. The summed E-state index contributed by atoms with van der Waals surface area (Å²) in [7, 11) is 0. The number of amidine groups is 1. The van der Waals surface area contributed by atoms with Crippen molar-refractivity contribution in [1.29, 1.82) is 0 Å².